The summed E-state index contributed by atoms with van der Waals surface area (Å²) in [5, 5.41) is 0.417. The van der Waals surface area contributed by atoms with Crippen LogP contribution in [0.3, 0.4) is 0 Å². The van der Waals surface area contributed by atoms with E-state index >= 15 is 0 Å². The van der Waals surface area contributed by atoms with Crippen LogP contribution in [0, 0.1) is 0 Å². The van der Waals surface area contributed by atoms with Gasteiger partial charge in [0.25, 0.3) is 0 Å². The van der Waals surface area contributed by atoms with Gasteiger partial charge in [0.1, 0.15) is 0 Å². The molecule has 0 aromatic heterocycles. The summed E-state index contributed by atoms with van der Waals surface area (Å²) in [4.78, 5) is 4.71. The molecule has 2 nitrogen and oxygen atoms in total. The van der Waals surface area contributed by atoms with Crippen molar-refractivity contribution < 1.29 is 0 Å². The maximum absolute atomic E-state index is 4.41. The second kappa shape index (κ2) is 3.78. The quantitative estimate of drug-likeness (QED) is 0.621. The summed E-state index contributed by atoms with van der Waals surface area (Å²) in [6.07, 6.45) is 1.29. The Morgan fingerprint density at radius 1 is 1.55 bits per heavy atom. The van der Waals surface area contributed by atoms with E-state index in [0.29, 0.717) is 5.37 Å². The first-order valence-corrected chi connectivity index (χ1v) is 4.71. The number of nitrogens with zero attached hydrogens (tertiary/aromatic N) is 2. The Balaban J connectivity index is 2.35. The van der Waals surface area contributed by atoms with Crippen LogP contribution in [-0.4, -0.2) is 48.4 Å². The molecule has 0 amide bonds. The van der Waals surface area contributed by atoms with Gasteiger partial charge in [-0.3, -0.25) is 4.90 Å². The van der Waals surface area contributed by atoms with Crippen LogP contribution in [0.25, 0.3) is 0 Å². The minimum Gasteiger partial charge on any atom is -0.305 e. The van der Waals surface area contributed by atoms with Crippen LogP contribution < -0.4 is 0 Å². The maximum atomic E-state index is 4.41. The fourth-order valence-electron chi connectivity index (χ4n) is 1.53. The third-order valence-corrected chi connectivity index (χ3v) is 2.78. The van der Waals surface area contributed by atoms with Gasteiger partial charge in [-0.1, -0.05) is 0 Å². The zero-order valence-electron chi connectivity index (χ0n) is 7.62. The van der Waals surface area contributed by atoms with E-state index in [4.69, 9.17) is 0 Å². The van der Waals surface area contributed by atoms with Gasteiger partial charge in [-0.25, -0.2) is 0 Å². The Hall–Kier alpha value is 0.270. The van der Waals surface area contributed by atoms with E-state index in [0.717, 1.165) is 6.04 Å². The largest absolute Gasteiger partial charge is 0.305 e. The molecule has 1 rings (SSSR count). The van der Waals surface area contributed by atoms with E-state index in [1.165, 1.54) is 19.5 Å². The molecule has 0 spiro atoms. The van der Waals surface area contributed by atoms with E-state index in [1.807, 2.05) is 0 Å². The molecule has 1 heterocycles. The molecule has 0 saturated carbocycles. The lowest BCUT2D eigenvalue weighted by Crippen LogP contribution is -2.33. The first-order valence-electron chi connectivity index (χ1n) is 4.20. The lowest BCUT2D eigenvalue weighted by Gasteiger charge is -2.22. The Morgan fingerprint density at radius 2 is 2.18 bits per heavy atom. The zero-order valence-corrected chi connectivity index (χ0v) is 8.51. The average Bonchev–Trinajstić information content (AvgIpc) is 2.33. The van der Waals surface area contributed by atoms with E-state index in [9.17, 15) is 0 Å². The Kier molecular flexibility index (Phi) is 3.22. The van der Waals surface area contributed by atoms with Crippen LogP contribution in [0.5, 0.6) is 0 Å². The van der Waals surface area contributed by atoms with Gasteiger partial charge in [0.15, 0.2) is 0 Å². The molecule has 2 atom stereocenters. The predicted molar refractivity (Wildman–Crippen MR) is 52.1 cm³/mol. The topological polar surface area (TPSA) is 6.48 Å². The smallest absolute Gasteiger partial charge is 0.0499 e. The van der Waals surface area contributed by atoms with Gasteiger partial charge < -0.3 is 4.90 Å². The van der Waals surface area contributed by atoms with Crippen LogP contribution in [0.15, 0.2) is 0 Å². The minimum absolute atomic E-state index is 0.417. The molecule has 0 aliphatic carbocycles. The first-order chi connectivity index (χ1) is 5.11. The van der Waals surface area contributed by atoms with Crippen molar-refractivity contribution in [1.82, 2.24) is 9.80 Å². The molecular formula is C8H18N2S. The normalized spacial score (nSPS) is 29.7. The number of hydrogen-bond acceptors (Lipinski definition) is 3. The standard InChI is InChI=1S/C8H18N2S/c1-7(11)10-5-4-8(6-10)9(2)3/h7-8,11H,4-6H2,1-3H3. The highest BCUT2D eigenvalue weighted by Gasteiger charge is 2.25. The SMILES string of the molecule is CC(S)N1CCC(N(C)C)C1. The molecule has 11 heavy (non-hydrogen) atoms. The van der Waals surface area contributed by atoms with Gasteiger partial charge in [-0.2, -0.15) is 12.6 Å². The Morgan fingerprint density at radius 3 is 2.45 bits per heavy atom. The minimum atomic E-state index is 0.417. The van der Waals surface area contributed by atoms with Crippen molar-refractivity contribution >= 4 is 12.6 Å². The van der Waals surface area contributed by atoms with E-state index < -0.39 is 0 Å². The third-order valence-electron chi connectivity index (χ3n) is 2.45. The highest BCUT2D eigenvalue weighted by Crippen LogP contribution is 2.16. The van der Waals surface area contributed by atoms with Crippen LogP contribution in [0.1, 0.15) is 13.3 Å². The van der Waals surface area contributed by atoms with Crippen LogP contribution in [0.4, 0.5) is 0 Å². The lowest BCUT2D eigenvalue weighted by molar-refractivity contribution is 0.266. The number of hydrogen-bond donors (Lipinski definition) is 1. The molecule has 66 valence electrons. The molecule has 1 aliphatic rings. The molecule has 0 radical (unpaired) electrons. The van der Waals surface area contributed by atoms with Crippen LogP contribution >= 0.6 is 12.6 Å². The van der Waals surface area contributed by atoms with E-state index in [-0.39, 0.29) is 0 Å². The Labute approximate surface area is 75.0 Å². The monoisotopic (exact) mass is 174 g/mol. The second-order valence-electron chi connectivity index (χ2n) is 3.53. The van der Waals surface area contributed by atoms with Gasteiger partial charge in [-0.05, 0) is 27.4 Å². The van der Waals surface area contributed by atoms with Crippen molar-refractivity contribution in [1.29, 1.82) is 0 Å². The van der Waals surface area contributed by atoms with E-state index in [1.54, 1.807) is 0 Å². The third kappa shape index (κ3) is 2.36. The number of likely N-dealkylation sites (N-methyl/N-ethyl adjacent to an activating group) is 1. The highest BCUT2D eigenvalue weighted by molar-refractivity contribution is 7.80. The number of likely N-dealkylation sites (tertiary alicyclic amines) is 1. The highest BCUT2D eigenvalue weighted by atomic mass is 32.1. The van der Waals surface area contributed by atoms with Crippen molar-refractivity contribution in [3.8, 4) is 0 Å². The zero-order chi connectivity index (χ0) is 8.43. The van der Waals surface area contributed by atoms with Gasteiger partial charge in [0.05, 0.1) is 0 Å². The summed E-state index contributed by atoms with van der Waals surface area (Å²) in [5.41, 5.74) is 0. The summed E-state index contributed by atoms with van der Waals surface area (Å²) < 4.78 is 0. The van der Waals surface area contributed by atoms with Crippen molar-refractivity contribution in [3.05, 3.63) is 0 Å². The van der Waals surface area contributed by atoms with Crippen LogP contribution in [-0.2, 0) is 0 Å². The molecule has 1 saturated heterocycles. The fourth-order valence-corrected chi connectivity index (χ4v) is 1.74. The second-order valence-corrected chi connectivity index (χ2v) is 4.28. The number of rotatable bonds is 2. The van der Waals surface area contributed by atoms with Gasteiger partial charge >= 0.3 is 0 Å². The predicted octanol–water partition coefficient (Wildman–Crippen LogP) is 0.898. The maximum Gasteiger partial charge on any atom is 0.0499 e. The van der Waals surface area contributed by atoms with Crippen LogP contribution in [0.2, 0.25) is 0 Å². The molecule has 0 aromatic rings. The summed E-state index contributed by atoms with van der Waals surface area (Å²) in [6.45, 7) is 4.52. The van der Waals surface area contributed by atoms with Crippen molar-refractivity contribution in [3.63, 3.8) is 0 Å². The molecule has 1 aliphatic heterocycles. The Bertz CT molecular complexity index is 111. The van der Waals surface area contributed by atoms with Gasteiger partial charge in [0, 0.05) is 24.5 Å². The summed E-state index contributed by atoms with van der Waals surface area (Å²) in [7, 11) is 4.30. The first kappa shape index (κ1) is 9.36. The van der Waals surface area contributed by atoms with Gasteiger partial charge in [-0.15, -0.1) is 0 Å². The van der Waals surface area contributed by atoms with E-state index in [2.05, 4.69) is 43.4 Å². The van der Waals surface area contributed by atoms with Gasteiger partial charge in [0.2, 0.25) is 0 Å². The number of thiol groups is 1. The molecule has 0 bridgehead atoms. The summed E-state index contributed by atoms with van der Waals surface area (Å²) in [5.74, 6) is 0. The summed E-state index contributed by atoms with van der Waals surface area (Å²) >= 11 is 4.41. The molecule has 2 unspecified atom stereocenters. The average molecular weight is 174 g/mol. The molecule has 3 heteroatoms. The van der Waals surface area contributed by atoms with Crippen molar-refractivity contribution in [2.45, 2.75) is 24.8 Å². The summed E-state index contributed by atoms with van der Waals surface area (Å²) in [6, 6.07) is 0.740. The van der Waals surface area contributed by atoms with Crippen molar-refractivity contribution in [2.24, 2.45) is 0 Å². The molecule has 1 fully saturated rings. The lowest BCUT2D eigenvalue weighted by atomic mass is 10.2. The molecular weight excluding hydrogens is 156 g/mol. The van der Waals surface area contributed by atoms with Crippen molar-refractivity contribution in [2.75, 3.05) is 27.2 Å². The molecule has 0 N–H and O–H groups in total. The fraction of sp³-hybridized carbons (Fsp3) is 1.00. The molecule has 0 aromatic carbocycles.